The molecule has 2 aliphatic rings. The third-order valence-electron chi connectivity index (χ3n) is 2.41. The van der Waals surface area contributed by atoms with Crippen molar-refractivity contribution in [2.45, 2.75) is 65.6 Å². The second-order valence-corrected chi connectivity index (χ2v) is 4.07. The van der Waals surface area contributed by atoms with Crippen LogP contribution in [-0.2, 0) is 4.74 Å². The molecule has 2 fully saturated rings. The molecule has 3 atom stereocenters. The predicted octanol–water partition coefficient (Wildman–Crippen LogP) is 2.99. The first-order valence-electron chi connectivity index (χ1n) is 5.98. The number of hydrogen-bond donors (Lipinski definition) is 1. The minimum absolute atomic E-state index is 0.0127. The number of rotatable bonds is 0. The van der Waals surface area contributed by atoms with Crippen LogP contribution >= 0.6 is 0 Å². The van der Waals surface area contributed by atoms with Gasteiger partial charge in [-0.05, 0) is 25.7 Å². The smallest absolute Gasteiger partial charge is 0.0781 e. The zero-order chi connectivity index (χ0) is 11.0. The summed E-state index contributed by atoms with van der Waals surface area (Å²) in [5.41, 5.74) is 0. The third-order valence-corrected chi connectivity index (χ3v) is 2.41. The largest absolute Gasteiger partial charge is 0.393 e. The maximum atomic E-state index is 9.08. The van der Waals surface area contributed by atoms with Crippen LogP contribution in [0, 0.1) is 5.92 Å². The summed E-state index contributed by atoms with van der Waals surface area (Å²) in [5, 5.41) is 9.08. The number of ether oxygens (including phenoxy) is 1. The first-order valence-corrected chi connectivity index (χ1v) is 5.98. The van der Waals surface area contributed by atoms with Gasteiger partial charge in [0.25, 0.3) is 0 Å². The van der Waals surface area contributed by atoms with Crippen molar-refractivity contribution < 1.29 is 9.84 Å². The molecule has 0 aromatic rings. The topological polar surface area (TPSA) is 32.8 Å². The summed E-state index contributed by atoms with van der Waals surface area (Å²) in [5.74, 6) is 0.763. The van der Waals surface area contributed by atoms with Crippen LogP contribution in [0.4, 0.5) is 0 Å². The van der Waals surface area contributed by atoms with Crippen molar-refractivity contribution >= 4 is 0 Å². The van der Waals surface area contributed by atoms with Crippen LogP contribution in [-0.4, -0.2) is 23.9 Å². The minimum atomic E-state index is 0.0127. The molecule has 1 saturated carbocycles. The molecule has 1 aliphatic carbocycles. The summed E-state index contributed by atoms with van der Waals surface area (Å²) in [6.07, 6.45) is 5.20. The van der Waals surface area contributed by atoms with E-state index in [-0.39, 0.29) is 6.10 Å². The number of aliphatic hydroxyl groups is 1. The highest BCUT2D eigenvalue weighted by Crippen LogP contribution is 2.22. The van der Waals surface area contributed by atoms with E-state index in [9.17, 15) is 0 Å². The van der Waals surface area contributed by atoms with E-state index in [4.69, 9.17) is 9.84 Å². The van der Waals surface area contributed by atoms with Gasteiger partial charge in [0, 0.05) is 0 Å². The molecule has 0 aromatic heterocycles. The van der Waals surface area contributed by atoms with E-state index in [1.54, 1.807) is 0 Å². The van der Waals surface area contributed by atoms with Crippen molar-refractivity contribution in [2.24, 2.45) is 5.92 Å². The van der Waals surface area contributed by atoms with Crippen LogP contribution in [0.3, 0.4) is 0 Å². The summed E-state index contributed by atoms with van der Waals surface area (Å²) in [6.45, 7) is 9.25. The van der Waals surface area contributed by atoms with Gasteiger partial charge in [-0.15, -0.1) is 0 Å². The predicted molar refractivity (Wildman–Crippen MR) is 60.4 cm³/mol. The molecular formula is C12H26O2. The highest BCUT2D eigenvalue weighted by Gasteiger charge is 2.15. The Labute approximate surface area is 88.7 Å². The number of aliphatic hydroxyl groups excluding tert-OH is 1. The molecule has 1 aliphatic heterocycles. The van der Waals surface area contributed by atoms with E-state index in [2.05, 4.69) is 13.8 Å². The van der Waals surface area contributed by atoms with Crippen molar-refractivity contribution in [1.29, 1.82) is 0 Å². The quantitative estimate of drug-likeness (QED) is 0.612. The zero-order valence-corrected chi connectivity index (χ0v) is 10.1. The monoisotopic (exact) mass is 202 g/mol. The molecule has 3 unspecified atom stereocenters. The maximum absolute atomic E-state index is 9.08. The fraction of sp³-hybridized carbons (Fsp3) is 1.00. The van der Waals surface area contributed by atoms with Gasteiger partial charge in [0.1, 0.15) is 0 Å². The van der Waals surface area contributed by atoms with Crippen molar-refractivity contribution in [1.82, 2.24) is 0 Å². The lowest BCUT2D eigenvalue weighted by Gasteiger charge is -2.21. The SMILES string of the molecule is CC.CC1CCCC(O)C1.CC1CO1. The summed E-state index contributed by atoms with van der Waals surface area (Å²) >= 11 is 0. The highest BCUT2D eigenvalue weighted by atomic mass is 16.6. The van der Waals surface area contributed by atoms with E-state index in [0.717, 1.165) is 25.4 Å². The Morgan fingerprint density at radius 3 is 1.86 bits per heavy atom. The number of epoxide rings is 1. The Hall–Kier alpha value is -0.0800. The Kier molecular flexibility index (Phi) is 8.20. The Morgan fingerprint density at radius 1 is 1.14 bits per heavy atom. The average molecular weight is 202 g/mol. The van der Waals surface area contributed by atoms with E-state index in [1.165, 1.54) is 12.8 Å². The Balaban J connectivity index is 0.000000236. The van der Waals surface area contributed by atoms with E-state index < -0.39 is 0 Å². The Bertz CT molecular complexity index is 113. The minimum Gasteiger partial charge on any atom is -0.393 e. The maximum Gasteiger partial charge on any atom is 0.0781 e. The molecule has 1 saturated heterocycles. The second-order valence-electron chi connectivity index (χ2n) is 4.07. The van der Waals surface area contributed by atoms with Crippen molar-refractivity contribution in [3.05, 3.63) is 0 Å². The molecule has 2 nitrogen and oxygen atoms in total. The first kappa shape index (κ1) is 13.9. The lowest BCUT2D eigenvalue weighted by atomic mass is 9.89. The van der Waals surface area contributed by atoms with Gasteiger partial charge in [0.05, 0.1) is 18.8 Å². The van der Waals surface area contributed by atoms with Crippen LogP contribution in [0.1, 0.15) is 53.4 Å². The van der Waals surface area contributed by atoms with Gasteiger partial charge < -0.3 is 9.84 Å². The summed E-state index contributed by atoms with van der Waals surface area (Å²) in [6, 6.07) is 0. The molecule has 2 rings (SSSR count). The molecule has 86 valence electrons. The molecule has 0 aromatic carbocycles. The Morgan fingerprint density at radius 2 is 1.64 bits per heavy atom. The van der Waals surface area contributed by atoms with Crippen molar-refractivity contribution in [3.63, 3.8) is 0 Å². The lowest BCUT2D eigenvalue weighted by Crippen LogP contribution is -2.16. The third kappa shape index (κ3) is 8.52. The van der Waals surface area contributed by atoms with Crippen LogP contribution in [0.15, 0.2) is 0 Å². The second kappa shape index (κ2) is 8.25. The van der Waals surface area contributed by atoms with E-state index >= 15 is 0 Å². The molecule has 0 spiro atoms. The normalized spacial score (nSPS) is 34.5. The summed E-state index contributed by atoms with van der Waals surface area (Å²) in [4.78, 5) is 0. The van der Waals surface area contributed by atoms with E-state index in [1.807, 2.05) is 13.8 Å². The van der Waals surface area contributed by atoms with Crippen LogP contribution in [0.5, 0.6) is 0 Å². The van der Waals surface area contributed by atoms with Gasteiger partial charge in [-0.2, -0.15) is 0 Å². The molecule has 2 heteroatoms. The van der Waals surface area contributed by atoms with Gasteiger partial charge in [-0.3, -0.25) is 0 Å². The van der Waals surface area contributed by atoms with Gasteiger partial charge >= 0.3 is 0 Å². The standard InChI is InChI=1S/C7H14O.C3H6O.C2H6/c1-6-3-2-4-7(8)5-6;1-3-2-4-3;1-2/h6-8H,2-5H2,1H3;3H,2H2,1H3;1-2H3. The molecule has 14 heavy (non-hydrogen) atoms. The highest BCUT2D eigenvalue weighted by molar-refractivity contribution is 4.67. The zero-order valence-electron chi connectivity index (χ0n) is 10.1. The average Bonchev–Trinajstić information content (AvgIpc) is 2.92. The summed E-state index contributed by atoms with van der Waals surface area (Å²) < 4.78 is 4.71. The molecule has 0 bridgehead atoms. The molecule has 1 N–H and O–H groups in total. The lowest BCUT2D eigenvalue weighted by molar-refractivity contribution is 0.106. The number of hydrogen-bond acceptors (Lipinski definition) is 2. The molecule has 0 radical (unpaired) electrons. The van der Waals surface area contributed by atoms with Crippen molar-refractivity contribution in [2.75, 3.05) is 6.61 Å². The van der Waals surface area contributed by atoms with Gasteiger partial charge in [0.2, 0.25) is 0 Å². The van der Waals surface area contributed by atoms with Gasteiger partial charge in [-0.1, -0.05) is 33.6 Å². The molecule has 0 amide bonds. The first-order chi connectivity index (χ1) is 6.68. The van der Waals surface area contributed by atoms with Crippen molar-refractivity contribution in [3.8, 4) is 0 Å². The fourth-order valence-electron chi connectivity index (χ4n) is 1.50. The van der Waals surface area contributed by atoms with Gasteiger partial charge in [-0.25, -0.2) is 0 Å². The van der Waals surface area contributed by atoms with Crippen LogP contribution < -0.4 is 0 Å². The fourth-order valence-corrected chi connectivity index (χ4v) is 1.50. The van der Waals surface area contributed by atoms with E-state index in [0.29, 0.717) is 6.10 Å². The van der Waals surface area contributed by atoms with Crippen LogP contribution in [0.25, 0.3) is 0 Å². The van der Waals surface area contributed by atoms with Gasteiger partial charge in [0.15, 0.2) is 0 Å². The summed E-state index contributed by atoms with van der Waals surface area (Å²) in [7, 11) is 0. The molecule has 1 heterocycles. The molecular weight excluding hydrogens is 176 g/mol. The van der Waals surface area contributed by atoms with Crippen LogP contribution in [0.2, 0.25) is 0 Å².